The molecule has 0 spiro atoms. The van der Waals surface area contributed by atoms with E-state index in [-0.39, 0.29) is 13.2 Å². The van der Waals surface area contributed by atoms with Crippen LogP contribution in [-0.2, 0) is 6.54 Å². The molecule has 0 radical (unpaired) electrons. The van der Waals surface area contributed by atoms with Crippen LogP contribution in [0.25, 0.3) is 28.0 Å². The Balaban J connectivity index is 1.52. The SMILES string of the molecule is C[C@@H]1CCC[C@@H]1n1cc(-c2nc(-c3cnn(C[C@@H](O)CO)c3)cn3nccc23)cn1. The van der Waals surface area contributed by atoms with Gasteiger partial charge in [-0.3, -0.25) is 9.36 Å². The highest BCUT2D eigenvalue weighted by atomic mass is 16.3. The molecule has 5 rings (SSSR count). The molecule has 0 amide bonds. The maximum Gasteiger partial charge on any atom is 0.0999 e. The largest absolute Gasteiger partial charge is 0.394 e. The lowest BCUT2D eigenvalue weighted by Gasteiger charge is -2.15. The average molecular weight is 407 g/mol. The van der Waals surface area contributed by atoms with E-state index < -0.39 is 6.10 Å². The van der Waals surface area contributed by atoms with Crippen LogP contribution in [0.4, 0.5) is 0 Å². The van der Waals surface area contributed by atoms with Crippen LogP contribution in [-0.4, -0.2) is 57.1 Å². The summed E-state index contributed by atoms with van der Waals surface area (Å²) in [6.45, 7) is 2.21. The molecular formula is C21H25N7O2. The van der Waals surface area contributed by atoms with Gasteiger partial charge < -0.3 is 10.2 Å². The van der Waals surface area contributed by atoms with Gasteiger partial charge >= 0.3 is 0 Å². The molecule has 0 aromatic carbocycles. The van der Waals surface area contributed by atoms with Crippen LogP contribution in [0.3, 0.4) is 0 Å². The van der Waals surface area contributed by atoms with Gasteiger partial charge in [0.05, 0.1) is 67.0 Å². The second-order valence-electron chi connectivity index (χ2n) is 8.11. The van der Waals surface area contributed by atoms with Crippen molar-refractivity contribution in [1.29, 1.82) is 0 Å². The van der Waals surface area contributed by atoms with Crippen molar-refractivity contribution in [3.05, 3.63) is 43.2 Å². The molecule has 9 nitrogen and oxygen atoms in total. The fourth-order valence-electron chi connectivity index (χ4n) is 4.31. The van der Waals surface area contributed by atoms with Gasteiger partial charge in [0.15, 0.2) is 0 Å². The highest BCUT2D eigenvalue weighted by molar-refractivity contribution is 5.78. The van der Waals surface area contributed by atoms with Gasteiger partial charge in [-0.1, -0.05) is 13.3 Å². The van der Waals surface area contributed by atoms with E-state index in [4.69, 9.17) is 10.1 Å². The molecule has 1 fully saturated rings. The molecule has 156 valence electrons. The van der Waals surface area contributed by atoms with E-state index in [2.05, 4.69) is 33.1 Å². The van der Waals surface area contributed by atoms with Crippen molar-refractivity contribution in [3.63, 3.8) is 0 Å². The van der Waals surface area contributed by atoms with E-state index in [1.807, 2.05) is 29.2 Å². The van der Waals surface area contributed by atoms with E-state index in [0.29, 0.717) is 12.0 Å². The van der Waals surface area contributed by atoms with Crippen LogP contribution in [0.15, 0.2) is 43.2 Å². The molecule has 0 unspecified atom stereocenters. The minimum absolute atomic E-state index is 0.222. The third kappa shape index (κ3) is 3.40. The number of aromatic nitrogens is 7. The monoisotopic (exact) mass is 407 g/mol. The Morgan fingerprint density at radius 2 is 1.97 bits per heavy atom. The lowest BCUT2D eigenvalue weighted by atomic mass is 10.1. The molecular weight excluding hydrogens is 382 g/mol. The Labute approximate surface area is 173 Å². The first-order valence-corrected chi connectivity index (χ1v) is 10.3. The molecule has 0 aliphatic heterocycles. The molecule has 1 saturated carbocycles. The molecule has 4 aromatic rings. The minimum Gasteiger partial charge on any atom is -0.394 e. The standard InChI is InChI=1S/C21H25N7O2/c1-14-3-2-4-19(14)27-10-16(8-24-27)21-20-5-6-22-28(20)12-18(25-21)15-7-23-26(9-15)11-17(30)13-29/h5-10,12,14,17,19,29-30H,2-4,11,13H2,1H3/t14-,17-,19+/m1/s1. The number of aliphatic hydroxyl groups is 2. The summed E-state index contributed by atoms with van der Waals surface area (Å²) in [4.78, 5) is 4.91. The quantitative estimate of drug-likeness (QED) is 0.507. The summed E-state index contributed by atoms with van der Waals surface area (Å²) in [5.41, 5.74) is 4.25. The molecule has 1 aliphatic rings. The first-order valence-electron chi connectivity index (χ1n) is 10.3. The first-order chi connectivity index (χ1) is 14.6. The summed E-state index contributed by atoms with van der Waals surface area (Å²) in [5, 5.41) is 32.0. The van der Waals surface area contributed by atoms with Crippen LogP contribution >= 0.6 is 0 Å². The molecule has 1 aliphatic carbocycles. The average Bonchev–Trinajstić information content (AvgIpc) is 3.53. The van der Waals surface area contributed by atoms with Gasteiger partial charge in [0.1, 0.15) is 0 Å². The number of aliphatic hydroxyl groups excluding tert-OH is 2. The van der Waals surface area contributed by atoms with Gasteiger partial charge in [-0.05, 0) is 24.8 Å². The predicted molar refractivity (Wildman–Crippen MR) is 111 cm³/mol. The summed E-state index contributed by atoms with van der Waals surface area (Å²) < 4.78 is 5.50. The lowest BCUT2D eigenvalue weighted by molar-refractivity contribution is 0.0783. The van der Waals surface area contributed by atoms with E-state index in [0.717, 1.165) is 34.5 Å². The van der Waals surface area contributed by atoms with Crippen LogP contribution < -0.4 is 0 Å². The molecule has 30 heavy (non-hydrogen) atoms. The number of fused-ring (bicyclic) bond motifs is 1. The molecule has 0 bridgehead atoms. The highest BCUT2D eigenvalue weighted by Crippen LogP contribution is 2.36. The van der Waals surface area contributed by atoms with Gasteiger partial charge in [-0.25, -0.2) is 9.50 Å². The molecule has 4 aromatic heterocycles. The number of hydrogen-bond acceptors (Lipinski definition) is 6. The number of rotatable bonds is 6. The molecule has 0 saturated heterocycles. The zero-order valence-electron chi connectivity index (χ0n) is 16.8. The summed E-state index contributed by atoms with van der Waals surface area (Å²) >= 11 is 0. The van der Waals surface area contributed by atoms with Crippen molar-refractivity contribution in [2.75, 3.05) is 6.61 Å². The van der Waals surface area contributed by atoms with Gasteiger partial charge in [0.2, 0.25) is 0 Å². The Bertz CT molecular complexity index is 1160. The van der Waals surface area contributed by atoms with Gasteiger partial charge in [0.25, 0.3) is 0 Å². The maximum absolute atomic E-state index is 9.66. The van der Waals surface area contributed by atoms with Crippen molar-refractivity contribution in [2.45, 2.75) is 44.9 Å². The van der Waals surface area contributed by atoms with E-state index in [9.17, 15) is 5.11 Å². The molecule has 9 heteroatoms. The summed E-state index contributed by atoms with van der Waals surface area (Å²) in [6.07, 6.45) is 13.9. The third-order valence-electron chi connectivity index (χ3n) is 5.96. The smallest absolute Gasteiger partial charge is 0.0999 e. The van der Waals surface area contributed by atoms with Crippen LogP contribution in [0.1, 0.15) is 32.2 Å². The zero-order chi connectivity index (χ0) is 20.7. The second kappa shape index (κ2) is 7.66. The van der Waals surface area contributed by atoms with Gasteiger partial charge in [-0.15, -0.1) is 0 Å². The van der Waals surface area contributed by atoms with Gasteiger partial charge in [0, 0.05) is 23.5 Å². The van der Waals surface area contributed by atoms with E-state index >= 15 is 0 Å². The minimum atomic E-state index is -0.848. The lowest BCUT2D eigenvalue weighted by Crippen LogP contribution is -2.19. The summed E-state index contributed by atoms with van der Waals surface area (Å²) in [6, 6.07) is 2.39. The first kappa shape index (κ1) is 19.0. The van der Waals surface area contributed by atoms with Gasteiger partial charge in [-0.2, -0.15) is 15.3 Å². The van der Waals surface area contributed by atoms with Crippen molar-refractivity contribution in [1.82, 2.24) is 34.2 Å². The van der Waals surface area contributed by atoms with Crippen LogP contribution in [0.5, 0.6) is 0 Å². The Morgan fingerprint density at radius 1 is 1.10 bits per heavy atom. The Hall–Kier alpha value is -3.04. The predicted octanol–water partition coefficient (Wildman–Crippen LogP) is 2.17. The zero-order valence-corrected chi connectivity index (χ0v) is 16.8. The van der Waals surface area contributed by atoms with Crippen molar-refractivity contribution in [2.24, 2.45) is 5.92 Å². The topological polar surface area (TPSA) is 106 Å². The highest BCUT2D eigenvalue weighted by Gasteiger charge is 2.26. The van der Waals surface area contributed by atoms with Crippen LogP contribution in [0.2, 0.25) is 0 Å². The Kier molecular flexibility index (Phi) is 4.84. The normalized spacial score (nSPS) is 20.2. The third-order valence-corrected chi connectivity index (χ3v) is 5.96. The Morgan fingerprint density at radius 3 is 2.77 bits per heavy atom. The maximum atomic E-state index is 9.66. The van der Waals surface area contributed by atoms with E-state index in [1.165, 1.54) is 12.8 Å². The number of hydrogen-bond donors (Lipinski definition) is 2. The molecule has 3 atom stereocenters. The molecule has 2 N–H and O–H groups in total. The second-order valence-corrected chi connectivity index (χ2v) is 8.11. The number of nitrogens with zero attached hydrogens (tertiary/aromatic N) is 7. The summed E-state index contributed by atoms with van der Waals surface area (Å²) in [5.74, 6) is 0.632. The van der Waals surface area contributed by atoms with Crippen LogP contribution in [0, 0.1) is 5.92 Å². The summed E-state index contributed by atoms with van der Waals surface area (Å²) in [7, 11) is 0. The van der Waals surface area contributed by atoms with Crippen molar-refractivity contribution < 1.29 is 10.2 Å². The fourth-order valence-corrected chi connectivity index (χ4v) is 4.31. The fraction of sp³-hybridized carbons (Fsp3) is 0.429. The van der Waals surface area contributed by atoms with Crippen molar-refractivity contribution in [3.8, 4) is 22.5 Å². The van der Waals surface area contributed by atoms with E-state index in [1.54, 1.807) is 17.1 Å². The molecule has 4 heterocycles. The van der Waals surface area contributed by atoms with Crippen molar-refractivity contribution >= 4 is 5.52 Å².